The van der Waals surface area contributed by atoms with Gasteiger partial charge in [0.25, 0.3) is 0 Å². The van der Waals surface area contributed by atoms with E-state index in [-0.39, 0.29) is 10.5 Å². The molecule has 0 unspecified atom stereocenters. The Morgan fingerprint density at radius 1 is 1.08 bits per heavy atom. The summed E-state index contributed by atoms with van der Waals surface area (Å²) < 4.78 is 41.8. The van der Waals surface area contributed by atoms with Gasteiger partial charge >= 0.3 is 0 Å². The zero-order chi connectivity index (χ0) is 18.7. The summed E-state index contributed by atoms with van der Waals surface area (Å²) in [5.41, 5.74) is 4.43. The lowest BCUT2D eigenvalue weighted by atomic mass is 10.00. The van der Waals surface area contributed by atoms with E-state index in [9.17, 15) is 13.2 Å². The van der Waals surface area contributed by atoms with E-state index >= 15 is 0 Å². The second-order valence-corrected chi connectivity index (χ2v) is 8.08. The van der Waals surface area contributed by atoms with E-state index in [0.29, 0.717) is 12.1 Å². The van der Waals surface area contributed by atoms with Crippen molar-refractivity contribution in [2.24, 2.45) is 0 Å². The first-order chi connectivity index (χ1) is 11.7. The van der Waals surface area contributed by atoms with E-state index < -0.39 is 17.5 Å². The number of hydrogen-bond donors (Lipinski definition) is 0. The van der Waals surface area contributed by atoms with Crippen LogP contribution in [0.25, 0.3) is 4.91 Å². The second kappa shape index (κ2) is 8.45. The Hall–Kier alpha value is -1.21. The molecule has 0 spiro atoms. The highest BCUT2D eigenvalue weighted by Crippen LogP contribution is 2.32. The van der Waals surface area contributed by atoms with Gasteiger partial charge in [0.05, 0.1) is 5.56 Å². The molecule has 0 aliphatic heterocycles. The van der Waals surface area contributed by atoms with Crippen molar-refractivity contribution in [2.75, 3.05) is 0 Å². The number of thioether (sulfide) groups is 1. The SMILES string of the molecule is C=C(S/C=C(\C)Cc1cc(C)c(I)cc1C)c1c(F)cc(F)cc1F. The van der Waals surface area contributed by atoms with E-state index in [1.54, 1.807) is 0 Å². The Morgan fingerprint density at radius 3 is 2.28 bits per heavy atom. The summed E-state index contributed by atoms with van der Waals surface area (Å²) in [5, 5.41) is 1.83. The molecule has 5 heteroatoms. The summed E-state index contributed by atoms with van der Waals surface area (Å²) in [7, 11) is 0. The molecule has 0 saturated carbocycles. The van der Waals surface area contributed by atoms with Gasteiger partial charge in [-0.1, -0.05) is 30.0 Å². The zero-order valence-corrected chi connectivity index (χ0v) is 17.2. The number of halogens is 4. The fourth-order valence-corrected chi connectivity index (χ4v) is 3.77. The number of allylic oxidation sites excluding steroid dienone is 1. The highest BCUT2D eigenvalue weighted by Gasteiger charge is 2.14. The van der Waals surface area contributed by atoms with Gasteiger partial charge in [0, 0.05) is 20.6 Å². The number of rotatable bonds is 5. The molecule has 0 aromatic heterocycles. The summed E-state index contributed by atoms with van der Waals surface area (Å²) in [6.45, 7) is 9.82. The molecule has 0 amide bonds. The van der Waals surface area contributed by atoms with Crippen LogP contribution in [0.1, 0.15) is 29.2 Å². The van der Waals surface area contributed by atoms with Crippen molar-refractivity contribution in [3.05, 3.63) is 85.1 Å². The molecule has 25 heavy (non-hydrogen) atoms. The lowest BCUT2D eigenvalue weighted by molar-refractivity contribution is 0.540. The Balaban J connectivity index is 2.14. The van der Waals surface area contributed by atoms with Crippen LogP contribution in [0.2, 0.25) is 0 Å². The minimum Gasteiger partial charge on any atom is -0.207 e. The molecule has 0 radical (unpaired) electrons. The van der Waals surface area contributed by atoms with Gasteiger partial charge in [0.2, 0.25) is 0 Å². The maximum Gasteiger partial charge on any atom is 0.137 e. The minimum atomic E-state index is -0.940. The molecule has 0 saturated heterocycles. The molecular weight excluding hydrogens is 456 g/mol. The van der Waals surface area contributed by atoms with Crippen molar-refractivity contribution < 1.29 is 13.2 Å². The van der Waals surface area contributed by atoms with Gasteiger partial charge in [0.15, 0.2) is 0 Å². The van der Waals surface area contributed by atoms with E-state index in [4.69, 9.17) is 0 Å². The largest absolute Gasteiger partial charge is 0.207 e. The van der Waals surface area contributed by atoms with Gasteiger partial charge in [-0.2, -0.15) is 0 Å². The Morgan fingerprint density at radius 2 is 1.68 bits per heavy atom. The van der Waals surface area contributed by atoms with Crippen LogP contribution in [0, 0.1) is 34.9 Å². The van der Waals surface area contributed by atoms with Crippen molar-refractivity contribution in [3.63, 3.8) is 0 Å². The average Bonchev–Trinajstić information content (AvgIpc) is 2.49. The molecule has 0 N–H and O–H groups in total. The van der Waals surface area contributed by atoms with Crippen molar-refractivity contribution in [1.29, 1.82) is 0 Å². The maximum absolute atomic E-state index is 13.8. The van der Waals surface area contributed by atoms with Gasteiger partial charge in [0.1, 0.15) is 17.5 Å². The first-order valence-corrected chi connectivity index (χ1v) is 9.56. The molecule has 0 aliphatic rings. The third-order valence-corrected chi connectivity index (χ3v) is 5.95. The maximum atomic E-state index is 13.8. The molecular formula is C20H18F3IS. The lowest BCUT2D eigenvalue weighted by Gasteiger charge is -2.10. The number of aryl methyl sites for hydroxylation is 2. The first kappa shape index (κ1) is 20.1. The second-order valence-electron chi connectivity index (χ2n) is 5.95. The smallest absolute Gasteiger partial charge is 0.137 e. The molecule has 2 rings (SSSR count). The first-order valence-electron chi connectivity index (χ1n) is 7.60. The van der Waals surface area contributed by atoms with Crippen molar-refractivity contribution in [2.45, 2.75) is 27.2 Å². The predicted molar refractivity (Wildman–Crippen MR) is 109 cm³/mol. The van der Waals surface area contributed by atoms with Crippen LogP contribution in [0.5, 0.6) is 0 Å². The molecule has 0 fully saturated rings. The van der Waals surface area contributed by atoms with Crippen molar-refractivity contribution in [1.82, 2.24) is 0 Å². The number of hydrogen-bond acceptors (Lipinski definition) is 1. The van der Waals surface area contributed by atoms with Crippen LogP contribution in [0.3, 0.4) is 0 Å². The fraction of sp³-hybridized carbons (Fsp3) is 0.200. The Labute approximate surface area is 164 Å². The average molecular weight is 474 g/mol. The van der Waals surface area contributed by atoms with Crippen LogP contribution in [-0.4, -0.2) is 0 Å². The molecule has 2 aromatic rings. The quantitative estimate of drug-likeness (QED) is 0.414. The van der Waals surface area contributed by atoms with Gasteiger partial charge in [-0.25, -0.2) is 13.2 Å². The fourth-order valence-electron chi connectivity index (χ4n) is 2.41. The van der Waals surface area contributed by atoms with Gasteiger partial charge in [-0.05, 0) is 77.9 Å². The minimum absolute atomic E-state index is 0.213. The molecule has 0 aliphatic carbocycles. The molecule has 0 heterocycles. The van der Waals surface area contributed by atoms with Crippen molar-refractivity contribution in [3.8, 4) is 0 Å². The van der Waals surface area contributed by atoms with Gasteiger partial charge < -0.3 is 0 Å². The van der Waals surface area contributed by atoms with E-state index in [2.05, 4.69) is 55.2 Å². The van der Waals surface area contributed by atoms with Gasteiger partial charge in [-0.15, -0.1) is 0 Å². The summed E-state index contributed by atoms with van der Waals surface area (Å²) in [5.74, 6) is -2.82. The zero-order valence-electron chi connectivity index (χ0n) is 14.2. The standard InChI is InChI=1S/C20H18F3IS/c1-11(5-15-6-13(3)19(24)7-12(15)2)10-25-14(4)20-17(22)8-16(21)9-18(20)23/h6-10H,4-5H2,1-3H3/b11-10+. The monoisotopic (exact) mass is 474 g/mol. The van der Waals surface area contributed by atoms with Crippen LogP contribution < -0.4 is 0 Å². The van der Waals surface area contributed by atoms with Crippen LogP contribution in [0.4, 0.5) is 13.2 Å². The van der Waals surface area contributed by atoms with Crippen LogP contribution in [0.15, 0.2) is 41.8 Å². The predicted octanol–water partition coefficient (Wildman–Crippen LogP) is 7.18. The Kier molecular flexibility index (Phi) is 6.79. The Bertz CT molecular complexity index is 833. The highest BCUT2D eigenvalue weighted by molar-refractivity contribution is 14.1. The van der Waals surface area contributed by atoms with Crippen LogP contribution in [-0.2, 0) is 6.42 Å². The highest BCUT2D eigenvalue weighted by atomic mass is 127. The molecule has 0 bridgehead atoms. The third-order valence-electron chi connectivity index (χ3n) is 3.77. The summed E-state index contributed by atoms with van der Waals surface area (Å²) in [4.78, 5) is 0.213. The van der Waals surface area contributed by atoms with E-state index in [1.165, 1.54) is 20.3 Å². The molecule has 0 nitrogen and oxygen atoms in total. The topological polar surface area (TPSA) is 0 Å². The normalized spacial score (nSPS) is 11.7. The van der Waals surface area contributed by atoms with Crippen LogP contribution >= 0.6 is 34.4 Å². The van der Waals surface area contributed by atoms with E-state index in [0.717, 1.165) is 23.8 Å². The molecule has 0 atom stereocenters. The van der Waals surface area contributed by atoms with Gasteiger partial charge in [-0.3, -0.25) is 0 Å². The summed E-state index contributed by atoms with van der Waals surface area (Å²) >= 11 is 3.46. The lowest BCUT2D eigenvalue weighted by Crippen LogP contribution is -1.95. The van der Waals surface area contributed by atoms with Crippen molar-refractivity contribution >= 4 is 39.3 Å². The summed E-state index contributed by atoms with van der Waals surface area (Å²) in [6, 6.07) is 5.64. The molecule has 2 aromatic carbocycles. The van der Waals surface area contributed by atoms with E-state index in [1.807, 2.05) is 12.3 Å². The molecule has 132 valence electrons. The third kappa shape index (κ3) is 5.14. The summed E-state index contributed by atoms with van der Waals surface area (Å²) in [6.07, 6.45) is 0.748. The number of benzene rings is 2.